The van der Waals surface area contributed by atoms with Crippen molar-refractivity contribution in [2.75, 3.05) is 27.4 Å². The van der Waals surface area contributed by atoms with Crippen molar-refractivity contribution in [1.29, 1.82) is 0 Å². The number of hydrogen-bond donors (Lipinski definition) is 7. The minimum absolute atomic E-state index is 0.0432. The molecule has 6 rings (SSSR count). The normalized spacial score (nSPS) is 51.9. The molecular weight excluding hydrogens is 676 g/mol. The SMILES string of the molecule is COC1COC(OC2CCC3(C)C4CCC5(C)C(C(C)CCC(OC6OC(CO)C(O)C6O)C(C)C)CC(O)C5C4CC(O)C3C2O)C(OC)C1O. The Kier molecular flexibility index (Phi) is 12.8. The number of aliphatic hydroxyl groups is 7. The number of rotatable bonds is 12. The molecule has 52 heavy (non-hydrogen) atoms. The number of methoxy groups -OCH3 is 2. The monoisotopic (exact) mass is 744 g/mol. The summed E-state index contributed by atoms with van der Waals surface area (Å²) in [4.78, 5) is 0. The summed E-state index contributed by atoms with van der Waals surface area (Å²) in [6.07, 6.45) is -4.28. The van der Waals surface area contributed by atoms with Crippen molar-refractivity contribution in [3.63, 3.8) is 0 Å². The average Bonchev–Trinajstić information content (AvgIpc) is 3.54. The second-order valence-electron chi connectivity index (χ2n) is 18.1. The minimum atomic E-state index is -1.22. The zero-order chi connectivity index (χ0) is 37.9. The van der Waals surface area contributed by atoms with Gasteiger partial charge in [0, 0.05) is 20.1 Å². The highest BCUT2D eigenvalue weighted by molar-refractivity contribution is 5.15. The Morgan fingerprint density at radius 1 is 0.750 bits per heavy atom. The lowest BCUT2D eigenvalue weighted by Gasteiger charge is -2.63. The Hall–Kier alpha value is -0.520. The van der Waals surface area contributed by atoms with E-state index in [-0.39, 0.29) is 59.0 Å². The van der Waals surface area contributed by atoms with Crippen molar-refractivity contribution in [3.8, 4) is 0 Å². The molecule has 0 radical (unpaired) electrons. The Balaban J connectivity index is 1.11. The van der Waals surface area contributed by atoms with Crippen molar-refractivity contribution in [3.05, 3.63) is 0 Å². The summed E-state index contributed by atoms with van der Waals surface area (Å²) >= 11 is 0. The Morgan fingerprint density at radius 2 is 1.44 bits per heavy atom. The molecule has 2 heterocycles. The maximum absolute atomic E-state index is 11.9. The predicted octanol–water partition coefficient (Wildman–Crippen LogP) is 1.59. The largest absolute Gasteiger partial charge is 0.394 e. The van der Waals surface area contributed by atoms with Gasteiger partial charge in [0.2, 0.25) is 0 Å². The van der Waals surface area contributed by atoms with Gasteiger partial charge in [-0.1, -0.05) is 34.6 Å². The van der Waals surface area contributed by atoms with Crippen LogP contribution in [0.2, 0.25) is 0 Å². The van der Waals surface area contributed by atoms with Gasteiger partial charge in [-0.15, -0.1) is 0 Å². The van der Waals surface area contributed by atoms with Gasteiger partial charge in [-0.2, -0.15) is 0 Å². The van der Waals surface area contributed by atoms with E-state index in [1.165, 1.54) is 14.2 Å². The van der Waals surface area contributed by atoms with E-state index in [1.807, 2.05) is 0 Å². The van der Waals surface area contributed by atoms with Crippen molar-refractivity contribution >= 4 is 0 Å². The molecule has 4 saturated carbocycles. The van der Waals surface area contributed by atoms with Crippen molar-refractivity contribution < 1.29 is 64.2 Å². The maximum Gasteiger partial charge on any atom is 0.186 e. The highest BCUT2D eigenvalue weighted by Crippen LogP contribution is 2.68. The summed E-state index contributed by atoms with van der Waals surface area (Å²) < 4.78 is 34.9. The van der Waals surface area contributed by atoms with Gasteiger partial charge >= 0.3 is 0 Å². The zero-order valence-electron chi connectivity index (χ0n) is 32.2. The Bertz CT molecular complexity index is 1180. The zero-order valence-corrected chi connectivity index (χ0v) is 32.2. The van der Waals surface area contributed by atoms with Crippen molar-refractivity contribution in [2.45, 2.75) is 166 Å². The molecule has 6 aliphatic rings. The summed E-state index contributed by atoms with van der Waals surface area (Å²) in [6, 6.07) is 0. The molecule has 2 saturated heterocycles. The van der Waals surface area contributed by atoms with Gasteiger partial charge in [0.1, 0.15) is 36.6 Å². The van der Waals surface area contributed by atoms with E-state index in [1.54, 1.807) is 0 Å². The Labute approximate surface area is 309 Å². The highest BCUT2D eigenvalue weighted by Gasteiger charge is 2.66. The van der Waals surface area contributed by atoms with E-state index >= 15 is 0 Å². The molecule has 0 bridgehead atoms. The molecule has 2 aliphatic heterocycles. The van der Waals surface area contributed by atoms with Gasteiger partial charge in [0.15, 0.2) is 12.6 Å². The first kappa shape index (κ1) is 41.1. The third-order valence-electron chi connectivity index (χ3n) is 15.2. The van der Waals surface area contributed by atoms with Crippen molar-refractivity contribution in [1.82, 2.24) is 0 Å². The first-order valence-electron chi connectivity index (χ1n) is 19.9. The molecule has 0 amide bonds. The number of fused-ring (bicyclic) bond motifs is 5. The predicted molar refractivity (Wildman–Crippen MR) is 187 cm³/mol. The van der Waals surface area contributed by atoms with Crippen LogP contribution in [0.3, 0.4) is 0 Å². The first-order chi connectivity index (χ1) is 24.6. The van der Waals surface area contributed by atoms with Crippen LogP contribution in [0.15, 0.2) is 0 Å². The minimum Gasteiger partial charge on any atom is -0.394 e. The van der Waals surface area contributed by atoms with E-state index in [0.717, 1.165) is 32.1 Å². The molecule has 13 nitrogen and oxygen atoms in total. The van der Waals surface area contributed by atoms with Crippen LogP contribution in [0.25, 0.3) is 0 Å². The highest BCUT2D eigenvalue weighted by atomic mass is 16.7. The fourth-order valence-corrected chi connectivity index (χ4v) is 12.4. The second kappa shape index (κ2) is 16.1. The van der Waals surface area contributed by atoms with Gasteiger partial charge < -0.3 is 64.2 Å². The van der Waals surface area contributed by atoms with Crippen LogP contribution in [0.5, 0.6) is 0 Å². The lowest BCUT2D eigenvalue weighted by atomic mass is 9.43. The lowest BCUT2D eigenvalue weighted by Crippen LogP contribution is -2.64. The fourth-order valence-electron chi connectivity index (χ4n) is 12.4. The van der Waals surface area contributed by atoms with E-state index in [0.29, 0.717) is 19.3 Å². The van der Waals surface area contributed by atoms with Crippen LogP contribution in [0.1, 0.15) is 86.0 Å². The van der Waals surface area contributed by atoms with Crippen LogP contribution in [0, 0.1) is 52.3 Å². The van der Waals surface area contributed by atoms with Gasteiger partial charge in [-0.25, -0.2) is 0 Å². The van der Waals surface area contributed by atoms with E-state index in [9.17, 15) is 35.7 Å². The number of ether oxygens (including phenoxy) is 6. The molecule has 302 valence electrons. The lowest BCUT2D eigenvalue weighted by molar-refractivity contribution is -0.312. The van der Waals surface area contributed by atoms with Gasteiger partial charge in [-0.05, 0) is 97.7 Å². The standard InChI is InChI=1S/C39H68O13/c1-18(2)25(50-36-34(46)32(44)27(16-40)52-36)9-8-19(3)22-15-24(42)29-20-14-23(41)30-31(43)26(11-13-38(30,4)21(20)10-12-39(22,29)5)51-37-35(48-7)33(45)28(47-6)17-49-37/h18-37,40-46H,8-17H2,1-7H3. The molecular formula is C39H68O13. The maximum atomic E-state index is 11.9. The smallest absolute Gasteiger partial charge is 0.186 e. The fraction of sp³-hybridized carbons (Fsp3) is 1.00. The van der Waals surface area contributed by atoms with E-state index < -0.39 is 86.1 Å². The average molecular weight is 745 g/mol. The molecule has 0 aromatic heterocycles. The van der Waals surface area contributed by atoms with Crippen molar-refractivity contribution in [2.24, 2.45) is 52.3 Å². The topological polar surface area (TPSA) is 197 Å². The molecule has 13 heteroatoms. The van der Waals surface area contributed by atoms with Gasteiger partial charge in [0.05, 0.1) is 43.7 Å². The molecule has 6 fully saturated rings. The number of aliphatic hydroxyl groups excluding tert-OH is 7. The molecule has 7 N–H and O–H groups in total. The number of hydrogen-bond acceptors (Lipinski definition) is 13. The molecule has 21 atom stereocenters. The van der Waals surface area contributed by atoms with Crippen LogP contribution < -0.4 is 0 Å². The molecule has 4 aliphatic carbocycles. The van der Waals surface area contributed by atoms with Crippen LogP contribution in [-0.2, 0) is 28.4 Å². The summed E-state index contributed by atoms with van der Waals surface area (Å²) in [5, 5.41) is 76.5. The molecule has 0 aromatic carbocycles. The summed E-state index contributed by atoms with van der Waals surface area (Å²) in [5.74, 6) is 0.738. The Morgan fingerprint density at radius 3 is 2.08 bits per heavy atom. The third-order valence-corrected chi connectivity index (χ3v) is 15.2. The van der Waals surface area contributed by atoms with E-state index in [4.69, 9.17) is 28.4 Å². The van der Waals surface area contributed by atoms with Crippen LogP contribution in [0.4, 0.5) is 0 Å². The molecule has 21 unspecified atom stereocenters. The van der Waals surface area contributed by atoms with Gasteiger partial charge in [-0.3, -0.25) is 0 Å². The summed E-state index contributed by atoms with van der Waals surface area (Å²) in [5.41, 5.74) is -0.438. The summed E-state index contributed by atoms with van der Waals surface area (Å²) in [7, 11) is 3.00. The van der Waals surface area contributed by atoms with Crippen LogP contribution in [-0.4, -0.2) is 143 Å². The second-order valence-corrected chi connectivity index (χ2v) is 18.1. The first-order valence-corrected chi connectivity index (χ1v) is 19.9. The van der Waals surface area contributed by atoms with Gasteiger partial charge in [0.25, 0.3) is 0 Å². The van der Waals surface area contributed by atoms with E-state index in [2.05, 4.69) is 34.6 Å². The molecule has 0 aromatic rings. The summed E-state index contributed by atoms with van der Waals surface area (Å²) in [6.45, 7) is 10.7. The third kappa shape index (κ3) is 7.16. The van der Waals surface area contributed by atoms with Crippen LogP contribution >= 0.6 is 0 Å². The quantitative estimate of drug-likeness (QED) is 0.143. The molecule has 0 spiro atoms.